The molecule has 3 aromatic rings. The van der Waals surface area contributed by atoms with Crippen molar-refractivity contribution in [3.8, 4) is 11.1 Å². The Kier molecular flexibility index (Phi) is 4.11. The Hall–Kier alpha value is -2.94. The van der Waals surface area contributed by atoms with E-state index >= 15 is 0 Å². The maximum Gasteiger partial charge on any atom is 0.241 e. The number of aliphatic imine (C=N–C) groups is 1. The summed E-state index contributed by atoms with van der Waals surface area (Å²) in [5.74, 6) is 0.742. The maximum absolute atomic E-state index is 13.1. The highest BCUT2D eigenvalue weighted by Gasteiger charge is 2.50. The Bertz CT molecular complexity index is 1190. The molecule has 1 N–H and O–H groups in total. The van der Waals surface area contributed by atoms with E-state index in [0.29, 0.717) is 28.9 Å². The smallest absolute Gasteiger partial charge is 0.241 e. The van der Waals surface area contributed by atoms with Gasteiger partial charge in [-0.3, -0.25) is 0 Å². The van der Waals surface area contributed by atoms with Gasteiger partial charge in [0.1, 0.15) is 0 Å². The average molecular weight is 424 g/mol. The minimum atomic E-state index is -2.39. The van der Waals surface area contributed by atoms with Crippen molar-refractivity contribution in [1.82, 2.24) is 19.6 Å². The number of nitrogens with one attached hydrogen (secondary N) is 1. The molecule has 1 spiro atoms. The van der Waals surface area contributed by atoms with E-state index in [1.165, 1.54) is 0 Å². The van der Waals surface area contributed by atoms with Gasteiger partial charge in [0.25, 0.3) is 0 Å². The lowest BCUT2D eigenvalue weighted by atomic mass is 9.64. The summed E-state index contributed by atoms with van der Waals surface area (Å²) in [6, 6.07) is 4.25. The number of aromatic nitrogens is 4. The number of anilines is 1. The second-order valence-electron chi connectivity index (χ2n) is 8.95. The molecule has 1 saturated carbocycles. The van der Waals surface area contributed by atoms with Crippen molar-refractivity contribution in [2.24, 2.45) is 10.4 Å². The van der Waals surface area contributed by atoms with E-state index in [0.717, 1.165) is 48.3 Å². The van der Waals surface area contributed by atoms with E-state index < -0.39 is 12.3 Å². The molecule has 1 unspecified atom stereocenters. The molecule has 3 aliphatic rings. The summed E-state index contributed by atoms with van der Waals surface area (Å²) < 4.78 is 33.2. The van der Waals surface area contributed by atoms with Crippen molar-refractivity contribution in [1.29, 1.82) is 0 Å². The van der Waals surface area contributed by atoms with Crippen molar-refractivity contribution in [2.45, 2.75) is 44.6 Å². The third-order valence-corrected chi connectivity index (χ3v) is 6.71. The van der Waals surface area contributed by atoms with Crippen LogP contribution in [0.2, 0.25) is 0 Å². The highest BCUT2D eigenvalue weighted by molar-refractivity contribution is 5.96. The Morgan fingerprint density at radius 1 is 1.26 bits per heavy atom. The van der Waals surface area contributed by atoms with Crippen LogP contribution in [0.25, 0.3) is 16.6 Å². The van der Waals surface area contributed by atoms with E-state index in [1.807, 2.05) is 18.3 Å². The summed E-state index contributed by atoms with van der Waals surface area (Å²) in [7, 11) is 0. The zero-order chi connectivity index (χ0) is 21.2. The largest absolute Gasteiger partial charge is 0.380 e. The second kappa shape index (κ2) is 6.78. The SMILES string of the molecule is CC1=Nc2ncc(-c3ccn4nc(NC5CC6(COC6)C5)ncc34)cc2C1CC(F)F. The van der Waals surface area contributed by atoms with E-state index in [9.17, 15) is 8.78 Å². The zero-order valence-electron chi connectivity index (χ0n) is 17.1. The molecular weight excluding hydrogens is 402 g/mol. The lowest BCUT2D eigenvalue weighted by Gasteiger charge is -2.53. The Labute approximate surface area is 177 Å². The van der Waals surface area contributed by atoms with Gasteiger partial charge in [0.05, 0.1) is 24.9 Å². The average Bonchev–Trinajstić information content (AvgIpc) is 3.23. The van der Waals surface area contributed by atoms with Crippen LogP contribution in [0.4, 0.5) is 20.5 Å². The molecule has 6 rings (SSSR count). The van der Waals surface area contributed by atoms with E-state index in [4.69, 9.17) is 4.74 Å². The van der Waals surface area contributed by atoms with Crippen LogP contribution in [0.15, 0.2) is 35.7 Å². The highest BCUT2D eigenvalue weighted by Crippen LogP contribution is 2.47. The highest BCUT2D eigenvalue weighted by atomic mass is 19.3. The molecule has 160 valence electrons. The van der Waals surface area contributed by atoms with Gasteiger partial charge < -0.3 is 10.1 Å². The predicted octanol–water partition coefficient (Wildman–Crippen LogP) is 4.23. The molecule has 3 aromatic heterocycles. The van der Waals surface area contributed by atoms with Crippen molar-refractivity contribution in [3.05, 3.63) is 36.3 Å². The molecule has 1 aliphatic carbocycles. The minimum Gasteiger partial charge on any atom is -0.380 e. The standard InChI is InChI=1S/C22H22F2N6O/c1-12-16(5-19(23)24)17-4-13(8-25-20(17)27-12)15-2-3-30-18(15)9-26-21(29-30)28-14-6-22(7-14)10-31-11-22/h2-4,8-9,14,16,19H,5-7,10-11H2,1H3,(H,28,29). The fourth-order valence-electron chi connectivity index (χ4n) is 5.02. The number of halogens is 2. The fraction of sp³-hybridized carbons (Fsp3) is 0.455. The molecular formula is C22H22F2N6O. The molecule has 5 heterocycles. The van der Waals surface area contributed by atoms with Crippen molar-refractivity contribution in [2.75, 3.05) is 18.5 Å². The van der Waals surface area contributed by atoms with Crippen LogP contribution in [0.1, 0.15) is 37.7 Å². The number of ether oxygens (including phenoxy) is 1. The van der Waals surface area contributed by atoms with Crippen molar-refractivity contribution in [3.63, 3.8) is 0 Å². The van der Waals surface area contributed by atoms with Gasteiger partial charge in [0.15, 0.2) is 5.82 Å². The molecule has 0 aromatic carbocycles. The first-order chi connectivity index (χ1) is 15.0. The molecule has 0 amide bonds. The number of hydrogen-bond acceptors (Lipinski definition) is 6. The number of fused-ring (bicyclic) bond motifs is 2. The Morgan fingerprint density at radius 2 is 2.10 bits per heavy atom. The molecule has 1 saturated heterocycles. The lowest BCUT2D eigenvalue weighted by Crippen LogP contribution is -2.56. The van der Waals surface area contributed by atoms with E-state index in [2.05, 4.69) is 25.4 Å². The van der Waals surface area contributed by atoms with Gasteiger partial charge >= 0.3 is 0 Å². The fourth-order valence-corrected chi connectivity index (χ4v) is 5.02. The van der Waals surface area contributed by atoms with Crippen LogP contribution in [0, 0.1) is 5.41 Å². The number of nitrogens with zero attached hydrogens (tertiary/aromatic N) is 5. The normalized spacial score (nSPS) is 21.8. The monoisotopic (exact) mass is 424 g/mol. The minimum absolute atomic E-state index is 0.239. The molecule has 2 aliphatic heterocycles. The number of alkyl halides is 2. The Morgan fingerprint density at radius 3 is 2.84 bits per heavy atom. The summed E-state index contributed by atoms with van der Waals surface area (Å²) in [5, 5.41) is 8.00. The van der Waals surface area contributed by atoms with E-state index in [1.54, 1.807) is 23.8 Å². The summed E-state index contributed by atoms with van der Waals surface area (Å²) >= 11 is 0. The van der Waals surface area contributed by atoms with Crippen LogP contribution in [-0.4, -0.2) is 51.0 Å². The topological polar surface area (TPSA) is 76.7 Å². The van der Waals surface area contributed by atoms with Gasteiger partial charge in [-0.05, 0) is 31.9 Å². The summed E-state index contributed by atoms with van der Waals surface area (Å²) in [5.41, 5.74) is 4.43. The third kappa shape index (κ3) is 3.10. The quantitative estimate of drug-likeness (QED) is 0.663. The number of pyridine rings is 1. The van der Waals surface area contributed by atoms with Crippen molar-refractivity contribution < 1.29 is 13.5 Å². The van der Waals surface area contributed by atoms with Gasteiger partial charge in [0, 0.05) is 58.6 Å². The van der Waals surface area contributed by atoms with Gasteiger partial charge in [-0.2, -0.15) is 0 Å². The first-order valence-electron chi connectivity index (χ1n) is 10.5. The molecule has 0 radical (unpaired) electrons. The van der Waals surface area contributed by atoms with E-state index in [-0.39, 0.29) is 6.42 Å². The molecule has 9 heteroatoms. The van der Waals surface area contributed by atoms with Gasteiger partial charge in [-0.25, -0.2) is 28.3 Å². The number of hydrogen-bond donors (Lipinski definition) is 1. The van der Waals surface area contributed by atoms with Gasteiger partial charge in [0.2, 0.25) is 12.4 Å². The second-order valence-corrected chi connectivity index (χ2v) is 8.95. The summed E-state index contributed by atoms with van der Waals surface area (Å²) in [6.07, 6.45) is 4.96. The number of rotatable bonds is 5. The first-order valence-corrected chi connectivity index (χ1v) is 10.5. The molecule has 7 nitrogen and oxygen atoms in total. The molecule has 31 heavy (non-hydrogen) atoms. The summed E-state index contributed by atoms with van der Waals surface area (Å²) in [4.78, 5) is 13.3. The molecule has 2 fully saturated rings. The molecule has 1 atom stereocenters. The van der Waals surface area contributed by atoms with Crippen LogP contribution < -0.4 is 5.32 Å². The van der Waals surface area contributed by atoms with Crippen molar-refractivity contribution >= 4 is 23.0 Å². The van der Waals surface area contributed by atoms with Crippen LogP contribution >= 0.6 is 0 Å². The summed E-state index contributed by atoms with van der Waals surface area (Å²) in [6.45, 7) is 3.51. The molecule has 0 bridgehead atoms. The van der Waals surface area contributed by atoms with Gasteiger partial charge in [-0.1, -0.05) is 0 Å². The Balaban J connectivity index is 1.26. The lowest BCUT2D eigenvalue weighted by molar-refractivity contribution is -0.160. The first kappa shape index (κ1) is 18.8. The maximum atomic E-state index is 13.1. The van der Waals surface area contributed by atoms with Crippen LogP contribution in [0.3, 0.4) is 0 Å². The van der Waals surface area contributed by atoms with Crippen LogP contribution in [0.5, 0.6) is 0 Å². The van der Waals surface area contributed by atoms with Gasteiger partial charge in [-0.15, -0.1) is 5.10 Å². The van der Waals surface area contributed by atoms with Crippen LogP contribution in [-0.2, 0) is 4.74 Å². The zero-order valence-corrected chi connectivity index (χ0v) is 17.1. The third-order valence-electron chi connectivity index (χ3n) is 6.71. The predicted molar refractivity (Wildman–Crippen MR) is 112 cm³/mol.